The average Bonchev–Trinajstić information content (AvgIpc) is 2.30. The highest BCUT2D eigenvalue weighted by Crippen LogP contribution is 2.31. The summed E-state index contributed by atoms with van der Waals surface area (Å²) in [7, 11) is 0. The average molecular weight is 227 g/mol. The van der Waals surface area contributed by atoms with Gasteiger partial charge in [0.15, 0.2) is 0 Å². The van der Waals surface area contributed by atoms with Crippen molar-refractivity contribution in [1.82, 2.24) is 0 Å². The molecular formula is C14H17N3. The van der Waals surface area contributed by atoms with Gasteiger partial charge in [-0.1, -0.05) is 18.2 Å². The van der Waals surface area contributed by atoms with Crippen LogP contribution in [0.3, 0.4) is 0 Å². The number of hydrogen-bond donors (Lipinski definition) is 3. The van der Waals surface area contributed by atoms with E-state index in [2.05, 4.69) is 6.07 Å². The van der Waals surface area contributed by atoms with Crippen LogP contribution >= 0.6 is 0 Å². The largest absolute Gasteiger partial charge is 0.398 e. The van der Waals surface area contributed by atoms with Gasteiger partial charge in [-0.05, 0) is 48.2 Å². The minimum atomic E-state index is 0.598. The summed E-state index contributed by atoms with van der Waals surface area (Å²) < 4.78 is 0. The zero-order valence-electron chi connectivity index (χ0n) is 10.1. The zero-order valence-corrected chi connectivity index (χ0v) is 10.1. The van der Waals surface area contributed by atoms with Crippen molar-refractivity contribution in [2.75, 3.05) is 17.2 Å². The minimum Gasteiger partial charge on any atom is -0.398 e. The molecule has 0 aromatic heterocycles. The van der Waals surface area contributed by atoms with E-state index in [1.54, 1.807) is 0 Å². The third-order valence-electron chi connectivity index (χ3n) is 3.13. The Balaban J connectivity index is 2.61. The SMILES string of the molecule is Cc1ccc(-c2ccc(N)c(N)c2)c(C)c1N. The van der Waals surface area contributed by atoms with Gasteiger partial charge in [-0.3, -0.25) is 0 Å². The molecule has 3 nitrogen and oxygen atoms in total. The Morgan fingerprint density at radius 1 is 0.824 bits per heavy atom. The topological polar surface area (TPSA) is 78.1 Å². The third kappa shape index (κ3) is 1.91. The minimum absolute atomic E-state index is 0.598. The summed E-state index contributed by atoms with van der Waals surface area (Å²) in [5.41, 5.74) is 23.9. The van der Waals surface area contributed by atoms with E-state index >= 15 is 0 Å². The number of hydrogen-bond acceptors (Lipinski definition) is 3. The van der Waals surface area contributed by atoms with Gasteiger partial charge in [0.1, 0.15) is 0 Å². The molecule has 0 aliphatic carbocycles. The summed E-state index contributed by atoms with van der Waals surface area (Å²) in [6.07, 6.45) is 0. The molecule has 0 spiro atoms. The van der Waals surface area contributed by atoms with Crippen molar-refractivity contribution in [3.05, 3.63) is 41.5 Å². The van der Waals surface area contributed by atoms with Crippen LogP contribution in [0.25, 0.3) is 11.1 Å². The summed E-state index contributed by atoms with van der Waals surface area (Å²) in [4.78, 5) is 0. The number of nitrogen functional groups attached to an aromatic ring is 3. The van der Waals surface area contributed by atoms with Crippen molar-refractivity contribution in [3.8, 4) is 11.1 Å². The standard InChI is InChI=1S/C14H17N3/c1-8-3-5-11(9(2)14(8)17)10-4-6-12(15)13(16)7-10/h3-7H,15-17H2,1-2H3. The van der Waals surface area contributed by atoms with Gasteiger partial charge >= 0.3 is 0 Å². The molecule has 0 saturated carbocycles. The second-order valence-corrected chi connectivity index (χ2v) is 4.31. The van der Waals surface area contributed by atoms with Crippen molar-refractivity contribution < 1.29 is 0 Å². The summed E-state index contributed by atoms with van der Waals surface area (Å²) in [6, 6.07) is 9.74. The number of aryl methyl sites for hydroxylation is 1. The van der Waals surface area contributed by atoms with E-state index in [1.165, 1.54) is 0 Å². The van der Waals surface area contributed by atoms with E-state index in [9.17, 15) is 0 Å². The second kappa shape index (κ2) is 4.01. The first-order valence-corrected chi connectivity index (χ1v) is 5.51. The number of rotatable bonds is 1. The van der Waals surface area contributed by atoms with Crippen LogP contribution in [0.1, 0.15) is 11.1 Å². The lowest BCUT2D eigenvalue weighted by Gasteiger charge is -2.12. The van der Waals surface area contributed by atoms with Crippen molar-refractivity contribution in [3.63, 3.8) is 0 Å². The van der Waals surface area contributed by atoms with Gasteiger partial charge < -0.3 is 17.2 Å². The maximum atomic E-state index is 6.03. The van der Waals surface area contributed by atoms with Crippen molar-refractivity contribution in [1.29, 1.82) is 0 Å². The van der Waals surface area contributed by atoms with Gasteiger partial charge in [-0.25, -0.2) is 0 Å². The zero-order chi connectivity index (χ0) is 12.6. The van der Waals surface area contributed by atoms with Gasteiger partial charge in [0.05, 0.1) is 11.4 Å². The number of nitrogens with two attached hydrogens (primary N) is 3. The Morgan fingerprint density at radius 3 is 2.18 bits per heavy atom. The molecule has 0 unspecified atom stereocenters. The van der Waals surface area contributed by atoms with Gasteiger partial charge in [-0.2, -0.15) is 0 Å². The summed E-state index contributed by atoms with van der Waals surface area (Å²) in [5.74, 6) is 0. The molecule has 0 bridgehead atoms. The maximum Gasteiger partial charge on any atom is 0.0554 e. The predicted molar refractivity (Wildman–Crippen MR) is 74.6 cm³/mol. The fraction of sp³-hybridized carbons (Fsp3) is 0.143. The van der Waals surface area contributed by atoms with Gasteiger partial charge in [0.2, 0.25) is 0 Å². The number of anilines is 3. The monoisotopic (exact) mass is 227 g/mol. The Labute approximate surface area is 101 Å². The van der Waals surface area contributed by atoms with Crippen LogP contribution in [0.4, 0.5) is 17.1 Å². The summed E-state index contributed by atoms with van der Waals surface area (Å²) in [6.45, 7) is 4.02. The van der Waals surface area contributed by atoms with E-state index < -0.39 is 0 Å². The highest BCUT2D eigenvalue weighted by Gasteiger charge is 2.07. The third-order valence-corrected chi connectivity index (χ3v) is 3.13. The Bertz CT molecular complexity index is 574. The molecule has 88 valence electrons. The summed E-state index contributed by atoms with van der Waals surface area (Å²) >= 11 is 0. The van der Waals surface area contributed by atoms with E-state index in [0.717, 1.165) is 27.9 Å². The van der Waals surface area contributed by atoms with Crippen molar-refractivity contribution in [2.45, 2.75) is 13.8 Å². The van der Waals surface area contributed by atoms with E-state index in [1.807, 2.05) is 38.1 Å². The van der Waals surface area contributed by atoms with Crippen LogP contribution in [0.15, 0.2) is 30.3 Å². The van der Waals surface area contributed by atoms with Crippen molar-refractivity contribution in [2.24, 2.45) is 0 Å². The fourth-order valence-electron chi connectivity index (χ4n) is 1.92. The Kier molecular flexibility index (Phi) is 2.68. The van der Waals surface area contributed by atoms with E-state index in [4.69, 9.17) is 17.2 Å². The highest BCUT2D eigenvalue weighted by atomic mass is 14.7. The van der Waals surface area contributed by atoms with Gasteiger partial charge in [-0.15, -0.1) is 0 Å². The lowest BCUT2D eigenvalue weighted by molar-refractivity contribution is 1.38. The van der Waals surface area contributed by atoms with Crippen LogP contribution in [0.5, 0.6) is 0 Å². The molecule has 2 aromatic carbocycles. The van der Waals surface area contributed by atoms with Crippen LogP contribution in [0.2, 0.25) is 0 Å². The van der Waals surface area contributed by atoms with Crippen LogP contribution in [-0.2, 0) is 0 Å². The normalized spacial score (nSPS) is 10.5. The first kappa shape index (κ1) is 11.3. The number of benzene rings is 2. The molecule has 0 saturated heterocycles. The quantitative estimate of drug-likeness (QED) is 0.655. The summed E-state index contributed by atoms with van der Waals surface area (Å²) in [5, 5.41) is 0. The van der Waals surface area contributed by atoms with Crippen molar-refractivity contribution >= 4 is 17.1 Å². The molecule has 0 atom stereocenters. The molecule has 0 aliphatic rings. The van der Waals surface area contributed by atoms with E-state index in [0.29, 0.717) is 11.4 Å². The molecule has 0 radical (unpaired) electrons. The fourth-order valence-corrected chi connectivity index (χ4v) is 1.92. The molecule has 2 rings (SSSR count). The van der Waals surface area contributed by atoms with Crippen LogP contribution in [-0.4, -0.2) is 0 Å². The lowest BCUT2D eigenvalue weighted by Crippen LogP contribution is -1.97. The molecule has 17 heavy (non-hydrogen) atoms. The maximum absolute atomic E-state index is 6.03. The predicted octanol–water partition coefficient (Wildman–Crippen LogP) is 2.72. The van der Waals surface area contributed by atoms with Gasteiger partial charge in [0, 0.05) is 5.69 Å². The molecule has 0 heterocycles. The Morgan fingerprint density at radius 2 is 1.53 bits per heavy atom. The van der Waals surface area contributed by atoms with Crippen LogP contribution in [0, 0.1) is 13.8 Å². The molecule has 3 heteroatoms. The first-order valence-electron chi connectivity index (χ1n) is 5.51. The Hall–Kier alpha value is -2.16. The molecule has 0 fully saturated rings. The first-order chi connectivity index (χ1) is 8.00. The lowest BCUT2D eigenvalue weighted by atomic mass is 9.96. The molecule has 0 aliphatic heterocycles. The molecule has 0 amide bonds. The molecular weight excluding hydrogens is 210 g/mol. The highest BCUT2D eigenvalue weighted by molar-refractivity contribution is 5.79. The smallest absolute Gasteiger partial charge is 0.0554 e. The van der Waals surface area contributed by atoms with Crippen LogP contribution < -0.4 is 17.2 Å². The van der Waals surface area contributed by atoms with Gasteiger partial charge in [0.25, 0.3) is 0 Å². The molecule has 6 N–H and O–H groups in total. The second-order valence-electron chi connectivity index (χ2n) is 4.31. The van der Waals surface area contributed by atoms with E-state index in [-0.39, 0.29) is 0 Å². The molecule has 2 aromatic rings.